The van der Waals surface area contributed by atoms with Gasteiger partial charge in [-0.2, -0.15) is 0 Å². The molecule has 0 amide bonds. The highest BCUT2D eigenvalue weighted by Gasteiger charge is 2.10. The van der Waals surface area contributed by atoms with Crippen LogP contribution < -0.4 is 5.56 Å². The molecule has 2 heterocycles. The highest BCUT2D eigenvalue weighted by Crippen LogP contribution is 2.26. The molecule has 5 nitrogen and oxygen atoms in total. The fourth-order valence-electron chi connectivity index (χ4n) is 2.47. The van der Waals surface area contributed by atoms with Crippen molar-refractivity contribution in [3.8, 4) is 11.3 Å². The topological polar surface area (TPSA) is 59.9 Å². The zero-order valence-electron chi connectivity index (χ0n) is 12.1. The zero-order chi connectivity index (χ0) is 15.5. The molecular weight excluding hydrogens is 298 g/mol. The van der Waals surface area contributed by atoms with E-state index >= 15 is 0 Å². The average Bonchev–Trinajstić information content (AvgIpc) is 2.53. The first-order valence-electron chi connectivity index (χ1n) is 6.88. The van der Waals surface area contributed by atoms with Gasteiger partial charge >= 0.3 is 0 Å². The number of hydrogen-bond acceptors (Lipinski definition) is 4. The molecule has 2 aromatic heterocycles. The summed E-state index contributed by atoms with van der Waals surface area (Å²) in [7, 11) is 1.64. The van der Waals surface area contributed by atoms with E-state index in [0.29, 0.717) is 17.9 Å². The fourth-order valence-corrected chi connectivity index (χ4v) is 2.77. The van der Waals surface area contributed by atoms with E-state index in [1.54, 1.807) is 19.4 Å². The monoisotopic (exact) mass is 313 g/mol. The Labute approximate surface area is 132 Å². The van der Waals surface area contributed by atoms with Crippen LogP contribution in [-0.2, 0) is 11.3 Å². The predicted octanol–water partition coefficient (Wildman–Crippen LogP) is 2.77. The molecule has 6 heteroatoms. The molecule has 0 fully saturated rings. The van der Waals surface area contributed by atoms with E-state index in [4.69, 9.17) is 17.0 Å². The number of aromatic nitrogens is 3. The molecule has 1 N–H and O–H groups in total. The standard InChI is InChI=1S/C16H15N3O2S/c1-21-9-8-19-14(10-15(20)18-16(19)22)12-4-2-6-13-11(12)5-3-7-17-13/h2-7,10H,8-9H2,1H3,(H,18,20,22). The second-order valence-electron chi connectivity index (χ2n) is 4.84. The maximum atomic E-state index is 11.9. The number of aromatic amines is 1. The largest absolute Gasteiger partial charge is 0.383 e. The van der Waals surface area contributed by atoms with Gasteiger partial charge in [-0.05, 0) is 24.4 Å². The number of nitrogens with zero attached hydrogens (tertiary/aromatic N) is 2. The summed E-state index contributed by atoms with van der Waals surface area (Å²) >= 11 is 5.30. The van der Waals surface area contributed by atoms with Crippen LogP contribution >= 0.6 is 12.2 Å². The highest BCUT2D eigenvalue weighted by molar-refractivity contribution is 7.71. The van der Waals surface area contributed by atoms with Gasteiger partial charge in [0.15, 0.2) is 4.77 Å². The molecule has 0 saturated heterocycles. The van der Waals surface area contributed by atoms with Crippen LogP contribution in [0.3, 0.4) is 0 Å². The summed E-state index contributed by atoms with van der Waals surface area (Å²) in [6.07, 6.45) is 1.75. The Morgan fingerprint density at radius 2 is 2.18 bits per heavy atom. The molecule has 0 bridgehead atoms. The summed E-state index contributed by atoms with van der Waals surface area (Å²) in [5.41, 5.74) is 2.36. The first kappa shape index (κ1) is 14.6. The minimum atomic E-state index is -0.213. The third-order valence-electron chi connectivity index (χ3n) is 3.47. The summed E-state index contributed by atoms with van der Waals surface area (Å²) < 4.78 is 7.40. The van der Waals surface area contributed by atoms with Crippen molar-refractivity contribution >= 4 is 23.1 Å². The van der Waals surface area contributed by atoms with Crippen LogP contribution in [0.4, 0.5) is 0 Å². The lowest BCUT2D eigenvalue weighted by molar-refractivity contribution is 0.187. The van der Waals surface area contributed by atoms with E-state index in [1.807, 2.05) is 34.9 Å². The molecule has 0 aliphatic carbocycles. The van der Waals surface area contributed by atoms with Crippen LogP contribution in [0.2, 0.25) is 0 Å². The molecule has 3 aromatic rings. The van der Waals surface area contributed by atoms with Gasteiger partial charge in [-0.25, -0.2) is 0 Å². The van der Waals surface area contributed by atoms with Crippen molar-refractivity contribution in [2.75, 3.05) is 13.7 Å². The minimum Gasteiger partial charge on any atom is -0.383 e. The van der Waals surface area contributed by atoms with Gasteiger partial charge in [0, 0.05) is 36.9 Å². The van der Waals surface area contributed by atoms with E-state index in [-0.39, 0.29) is 5.56 Å². The molecule has 112 valence electrons. The lowest BCUT2D eigenvalue weighted by atomic mass is 10.0. The molecule has 0 radical (unpaired) electrons. The van der Waals surface area contributed by atoms with E-state index in [0.717, 1.165) is 22.2 Å². The SMILES string of the molecule is COCCn1c(-c2cccc3ncccc23)cc(=O)[nH]c1=S. The van der Waals surface area contributed by atoms with Crippen LogP contribution in [0, 0.1) is 4.77 Å². The summed E-state index contributed by atoms with van der Waals surface area (Å²) in [5.74, 6) is 0. The molecule has 0 saturated carbocycles. The van der Waals surface area contributed by atoms with Crippen molar-refractivity contribution in [3.05, 3.63) is 57.7 Å². The molecule has 1 aromatic carbocycles. The van der Waals surface area contributed by atoms with Crippen molar-refractivity contribution in [1.29, 1.82) is 0 Å². The number of pyridine rings is 1. The van der Waals surface area contributed by atoms with Crippen LogP contribution in [0.1, 0.15) is 0 Å². The van der Waals surface area contributed by atoms with E-state index in [9.17, 15) is 4.79 Å². The van der Waals surface area contributed by atoms with Crippen LogP contribution in [0.5, 0.6) is 0 Å². The lowest BCUT2D eigenvalue weighted by Crippen LogP contribution is -2.17. The number of hydrogen-bond donors (Lipinski definition) is 1. The second kappa shape index (κ2) is 6.21. The van der Waals surface area contributed by atoms with Crippen molar-refractivity contribution in [3.63, 3.8) is 0 Å². The molecule has 0 atom stereocenters. The summed E-state index contributed by atoms with van der Waals surface area (Å²) in [6, 6.07) is 11.3. The Balaban J connectivity index is 2.30. The lowest BCUT2D eigenvalue weighted by Gasteiger charge is -2.14. The number of H-pyrrole nitrogens is 1. The number of ether oxygens (including phenoxy) is 1. The Kier molecular flexibility index (Phi) is 4.13. The quantitative estimate of drug-likeness (QED) is 0.752. The van der Waals surface area contributed by atoms with Gasteiger partial charge in [-0.1, -0.05) is 18.2 Å². The summed E-state index contributed by atoms with van der Waals surface area (Å²) in [4.78, 5) is 18.9. The molecule has 22 heavy (non-hydrogen) atoms. The van der Waals surface area contributed by atoms with E-state index < -0.39 is 0 Å². The van der Waals surface area contributed by atoms with Gasteiger partial charge in [-0.15, -0.1) is 0 Å². The fraction of sp³-hybridized carbons (Fsp3) is 0.188. The zero-order valence-corrected chi connectivity index (χ0v) is 12.9. The Morgan fingerprint density at radius 1 is 1.32 bits per heavy atom. The molecule has 3 rings (SSSR count). The first-order chi connectivity index (χ1) is 10.7. The third-order valence-corrected chi connectivity index (χ3v) is 3.80. The van der Waals surface area contributed by atoms with Crippen molar-refractivity contribution in [1.82, 2.24) is 14.5 Å². The van der Waals surface area contributed by atoms with Crippen LogP contribution in [0.15, 0.2) is 47.4 Å². The highest BCUT2D eigenvalue weighted by atomic mass is 32.1. The van der Waals surface area contributed by atoms with E-state index in [1.165, 1.54) is 0 Å². The molecular formula is C16H15N3O2S. The van der Waals surface area contributed by atoms with E-state index in [2.05, 4.69) is 9.97 Å². The number of rotatable bonds is 4. The molecule has 0 spiro atoms. The maximum absolute atomic E-state index is 11.9. The summed E-state index contributed by atoms with van der Waals surface area (Å²) in [6.45, 7) is 1.08. The second-order valence-corrected chi connectivity index (χ2v) is 5.23. The summed E-state index contributed by atoms with van der Waals surface area (Å²) in [5, 5.41) is 0.983. The predicted molar refractivity (Wildman–Crippen MR) is 88.5 cm³/mol. The maximum Gasteiger partial charge on any atom is 0.252 e. The van der Waals surface area contributed by atoms with Gasteiger partial charge in [0.05, 0.1) is 17.8 Å². The number of benzene rings is 1. The van der Waals surface area contributed by atoms with Crippen LogP contribution in [-0.4, -0.2) is 28.3 Å². The first-order valence-corrected chi connectivity index (χ1v) is 7.29. The number of methoxy groups -OCH3 is 1. The van der Waals surface area contributed by atoms with Gasteiger partial charge in [0.25, 0.3) is 5.56 Å². The average molecular weight is 313 g/mol. The third kappa shape index (κ3) is 2.70. The van der Waals surface area contributed by atoms with Gasteiger partial charge in [-0.3, -0.25) is 14.8 Å². The number of nitrogens with one attached hydrogen (secondary N) is 1. The molecule has 0 unspecified atom stereocenters. The minimum absolute atomic E-state index is 0.213. The normalized spacial score (nSPS) is 11.0. The Morgan fingerprint density at radius 3 is 3.00 bits per heavy atom. The Bertz CT molecular complexity index is 925. The van der Waals surface area contributed by atoms with Gasteiger partial charge in [0.2, 0.25) is 0 Å². The van der Waals surface area contributed by atoms with Crippen molar-refractivity contribution < 1.29 is 4.74 Å². The van der Waals surface area contributed by atoms with Gasteiger partial charge in [0.1, 0.15) is 0 Å². The smallest absolute Gasteiger partial charge is 0.252 e. The number of fused-ring (bicyclic) bond motifs is 1. The van der Waals surface area contributed by atoms with Gasteiger partial charge < -0.3 is 9.30 Å². The molecule has 0 aliphatic rings. The van der Waals surface area contributed by atoms with Crippen molar-refractivity contribution in [2.24, 2.45) is 0 Å². The molecule has 0 aliphatic heterocycles. The van der Waals surface area contributed by atoms with Crippen LogP contribution in [0.25, 0.3) is 22.2 Å². The Hall–Kier alpha value is -2.31. The van der Waals surface area contributed by atoms with Crippen molar-refractivity contribution in [2.45, 2.75) is 6.54 Å².